The van der Waals surface area contributed by atoms with Gasteiger partial charge in [-0.15, -0.1) is 5.98 Å². The number of hydrogen-bond donors (Lipinski definition) is 0. The van der Waals surface area contributed by atoms with Gasteiger partial charge in [-0.05, 0) is 0 Å². The molecule has 0 N–H and O–H groups in total. The summed E-state index contributed by atoms with van der Waals surface area (Å²) in [5.74, 6) is 1.91. The van der Waals surface area contributed by atoms with Crippen molar-refractivity contribution in [1.29, 1.82) is 0 Å². The molecule has 3 heteroatoms. The molecule has 0 aromatic carbocycles. The van der Waals surface area contributed by atoms with Crippen LogP contribution in [-0.4, -0.2) is 18.7 Å². The van der Waals surface area contributed by atoms with Gasteiger partial charge in [-0.1, -0.05) is 37.9 Å². The molecule has 0 aliphatic carbocycles. The summed E-state index contributed by atoms with van der Waals surface area (Å²) in [6.45, 7) is 3.95. The van der Waals surface area contributed by atoms with E-state index in [9.17, 15) is 4.79 Å². The van der Waals surface area contributed by atoms with Gasteiger partial charge in [0.1, 0.15) is 0 Å². The second-order valence-corrected chi connectivity index (χ2v) is 3.30. The van der Waals surface area contributed by atoms with Gasteiger partial charge in [0.25, 0.3) is 0 Å². The van der Waals surface area contributed by atoms with Gasteiger partial charge in [0.15, 0.2) is 0 Å². The van der Waals surface area contributed by atoms with E-state index in [1.807, 2.05) is 18.2 Å². The molecule has 0 saturated heterocycles. The van der Waals surface area contributed by atoms with Crippen LogP contribution >= 0.6 is 0 Å². The van der Waals surface area contributed by atoms with Gasteiger partial charge in [-0.3, -0.25) is 4.79 Å². The van der Waals surface area contributed by atoms with Gasteiger partial charge >= 0.3 is 5.97 Å². The molecule has 70 valence electrons. The summed E-state index contributed by atoms with van der Waals surface area (Å²) < 4.78 is 5.18. The zero-order valence-electron chi connectivity index (χ0n) is 8.19. The van der Waals surface area contributed by atoms with E-state index in [0.717, 1.165) is 12.7 Å². The molecule has 1 unspecified atom stereocenters. The van der Waals surface area contributed by atoms with Crippen molar-refractivity contribution in [3.63, 3.8) is 0 Å². The summed E-state index contributed by atoms with van der Waals surface area (Å²) in [4.78, 5) is 10.8. The summed E-state index contributed by atoms with van der Waals surface area (Å²) in [7, 11) is 0. The normalized spacial score (nSPS) is 20.5. The van der Waals surface area contributed by atoms with Gasteiger partial charge in [0.05, 0.1) is 6.00 Å². The number of allylic oxidation sites excluding steroid dienone is 2. The first-order chi connectivity index (χ1) is 6.24. The maximum absolute atomic E-state index is 10.8. The molecule has 0 spiro atoms. The molecule has 1 atom stereocenters. The molecule has 13 heavy (non-hydrogen) atoms. The molecule has 2 nitrogen and oxygen atoms in total. The van der Waals surface area contributed by atoms with Crippen LogP contribution in [0.2, 0.25) is 6.32 Å². The molecule has 0 radical (unpaired) electrons. The Bertz CT molecular complexity index is 233. The number of carbonyl (C=O) groups excluding carboxylic acids is 1. The molecule has 0 aromatic rings. The van der Waals surface area contributed by atoms with Crippen LogP contribution < -0.4 is 0 Å². The third kappa shape index (κ3) is 3.09. The summed E-state index contributed by atoms with van der Waals surface area (Å²) in [6, 6.07) is -0.0533. The predicted octanol–water partition coefficient (Wildman–Crippen LogP) is 2.03. The number of esters is 1. The first-order valence-electron chi connectivity index (χ1n) is 4.76. The summed E-state index contributed by atoms with van der Waals surface area (Å²) in [6.07, 6.45) is 8.07. The minimum Gasteiger partial charge on any atom is -0.467 e. The lowest BCUT2D eigenvalue weighted by atomic mass is 9.41. The van der Waals surface area contributed by atoms with Crippen LogP contribution in [0.15, 0.2) is 24.2 Å². The maximum atomic E-state index is 10.8. The van der Waals surface area contributed by atoms with E-state index in [-0.39, 0.29) is 12.0 Å². The van der Waals surface area contributed by atoms with Gasteiger partial charge in [0.2, 0.25) is 6.71 Å². The molecular weight excluding hydrogens is 163 g/mol. The summed E-state index contributed by atoms with van der Waals surface area (Å²) in [5, 5.41) is 0. The van der Waals surface area contributed by atoms with Crippen LogP contribution in [0.3, 0.4) is 0 Å². The molecule has 0 aromatic heterocycles. The van der Waals surface area contributed by atoms with Crippen LogP contribution in [0.4, 0.5) is 0 Å². The minimum atomic E-state index is -0.203. The van der Waals surface area contributed by atoms with Gasteiger partial charge in [-0.25, -0.2) is 0 Å². The molecule has 0 amide bonds. The number of hydrogen-bond acceptors (Lipinski definition) is 2. The molecular formula is C10H15BO2. The van der Waals surface area contributed by atoms with Crippen molar-refractivity contribution in [3.8, 4) is 0 Å². The Morgan fingerprint density at radius 3 is 2.92 bits per heavy atom. The summed E-state index contributed by atoms with van der Waals surface area (Å²) >= 11 is 0. The Morgan fingerprint density at radius 1 is 1.54 bits per heavy atom. The first kappa shape index (κ1) is 10.1. The zero-order chi connectivity index (χ0) is 9.68. The fraction of sp³-hybridized carbons (Fsp3) is 0.500. The smallest absolute Gasteiger partial charge is 0.302 e. The highest BCUT2D eigenvalue weighted by Gasteiger charge is 2.23. The van der Waals surface area contributed by atoms with E-state index >= 15 is 0 Å². The SMILES string of the molecule is CCCB1C=CC=CC1OC(C)=O. The second kappa shape index (κ2) is 4.90. The molecule has 1 rings (SSSR count). The van der Waals surface area contributed by atoms with Crippen molar-refractivity contribution < 1.29 is 9.53 Å². The topological polar surface area (TPSA) is 26.3 Å². The second-order valence-electron chi connectivity index (χ2n) is 3.30. The highest BCUT2D eigenvalue weighted by atomic mass is 16.5. The average Bonchev–Trinajstić information content (AvgIpc) is 2.08. The molecule has 0 bridgehead atoms. The van der Waals surface area contributed by atoms with Crippen molar-refractivity contribution in [3.05, 3.63) is 24.2 Å². The van der Waals surface area contributed by atoms with E-state index in [1.54, 1.807) is 0 Å². The third-order valence-electron chi connectivity index (χ3n) is 2.12. The molecule has 0 saturated carbocycles. The predicted molar refractivity (Wildman–Crippen MR) is 54.7 cm³/mol. The first-order valence-corrected chi connectivity index (χ1v) is 4.76. The van der Waals surface area contributed by atoms with Crippen LogP contribution in [-0.2, 0) is 9.53 Å². The van der Waals surface area contributed by atoms with E-state index in [4.69, 9.17) is 4.74 Å². The minimum absolute atomic E-state index is 0.0533. The van der Waals surface area contributed by atoms with Gasteiger partial charge in [0, 0.05) is 6.92 Å². The Labute approximate surface area is 79.7 Å². The Balaban J connectivity index is 2.54. The van der Waals surface area contributed by atoms with Crippen molar-refractivity contribution in [2.75, 3.05) is 0 Å². The van der Waals surface area contributed by atoms with Crippen LogP contribution in [0.1, 0.15) is 20.3 Å². The highest BCUT2D eigenvalue weighted by molar-refractivity contribution is 6.66. The monoisotopic (exact) mass is 178 g/mol. The summed E-state index contributed by atoms with van der Waals surface area (Å²) in [5.41, 5.74) is 0. The maximum Gasteiger partial charge on any atom is 0.302 e. The van der Waals surface area contributed by atoms with Gasteiger partial charge in [-0.2, -0.15) is 0 Å². The standard InChI is InChI=1S/C10H15BO2/c1-3-7-11-8-5-4-6-10(11)13-9(2)12/h4-6,8,10H,3,7H2,1-2H3. The van der Waals surface area contributed by atoms with Gasteiger partial charge < -0.3 is 4.74 Å². The molecule has 1 heterocycles. The highest BCUT2D eigenvalue weighted by Crippen LogP contribution is 2.13. The van der Waals surface area contributed by atoms with Crippen LogP contribution in [0.25, 0.3) is 0 Å². The third-order valence-corrected chi connectivity index (χ3v) is 2.12. The number of rotatable bonds is 3. The van der Waals surface area contributed by atoms with E-state index < -0.39 is 0 Å². The van der Waals surface area contributed by atoms with Crippen LogP contribution in [0.5, 0.6) is 0 Å². The van der Waals surface area contributed by atoms with E-state index in [1.165, 1.54) is 6.92 Å². The fourth-order valence-corrected chi connectivity index (χ4v) is 1.54. The van der Waals surface area contributed by atoms with Crippen molar-refractivity contribution in [2.24, 2.45) is 0 Å². The van der Waals surface area contributed by atoms with E-state index in [2.05, 4.69) is 12.9 Å². The van der Waals surface area contributed by atoms with Crippen molar-refractivity contribution in [1.82, 2.24) is 0 Å². The lowest BCUT2D eigenvalue weighted by Crippen LogP contribution is -2.32. The molecule has 1 aliphatic heterocycles. The Kier molecular flexibility index (Phi) is 3.81. The fourth-order valence-electron chi connectivity index (χ4n) is 1.54. The molecule has 1 aliphatic rings. The van der Waals surface area contributed by atoms with Crippen LogP contribution in [0, 0.1) is 0 Å². The number of carbonyl (C=O) groups is 1. The van der Waals surface area contributed by atoms with Crippen molar-refractivity contribution in [2.45, 2.75) is 32.6 Å². The Hall–Kier alpha value is -0.985. The quantitative estimate of drug-likeness (QED) is 0.488. The number of ether oxygens (including phenoxy) is 1. The largest absolute Gasteiger partial charge is 0.467 e. The Morgan fingerprint density at radius 2 is 2.31 bits per heavy atom. The zero-order valence-corrected chi connectivity index (χ0v) is 8.19. The van der Waals surface area contributed by atoms with E-state index in [0.29, 0.717) is 6.71 Å². The molecule has 0 fully saturated rings. The lowest BCUT2D eigenvalue weighted by molar-refractivity contribution is -0.141. The average molecular weight is 178 g/mol. The lowest BCUT2D eigenvalue weighted by Gasteiger charge is -2.20. The van der Waals surface area contributed by atoms with Crippen molar-refractivity contribution >= 4 is 12.7 Å².